The minimum Gasteiger partial charge on any atom is -0.311 e. The van der Waals surface area contributed by atoms with Crippen molar-refractivity contribution in [3.05, 3.63) is 205 Å². The first-order valence-corrected chi connectivity index (χ1v) is 27.3. The van der Waals surface area contributed by atoms with Gasteiger partial charge in [0.15, 0.2) is 0 Å². The molecule has 4 heteroatoms. The van der Waals surface area contributed by atoms with Gasteiger partial charge in [-0.1, -0.05) is 171 Å². The van der Waals surface area contributed by atoms with Crippen molar-refractivity contribution in [1.82, 2.24) is 0 Å². The lowest BCUT2D eigenvalue weighted by atomic mass is 9.99. The molecule has 8 rings (SSSR count). The Kier molecular flexibility index (Phi) is 10.9. The number of hydrogen-bond donors (Lipinski definition) is 0. The third-order valence-corrected chi connectivity index (χ3v) is 15.1. The van der Waals surface area contributed by atoms with Crippen LogP contribution in [0.25, 0.3) is 34.1 Å². The Bertz CT molecular complexity index is 2640. The van der Waals surface area contributed by atoms with E-state index >= 15 is 0 Å². The van der Waals surface area contributed by atoms with Crippen LogP contribution in [0.1, 0.15) is 11.1 Å². The monoisotopic (exact) mass is 784 g/mol. The van der Waals surface area contributed by atoms with Gasteiger partial charge in [0.25, 0.3) is 0 Å². The molecule has 2 nitrogen and oxygen atoms in total. The minimum absolute atomic E-state index is 1.14. The number of anilines is 6. The summed E-state index contributed by atoms with van der Waals surface area (Å²) in [5.74, 6) is 0. The molecule has 0 aromatic heterocycles. The van der Waals surface area contributed by atoms with E-state index in [-0.39, 0.29) is 0 Å². The highest BCUT2D eigenvalue weighted by Gasteiger charge is 2.19. The van der Waals surface area contributed by atoms with E-state index in [4.69, 9.17) is 0 Å². The van der Waals surface area contributed by atoms with Gasteiger partial charge in [-0.15, -0.1) is 0 Å². The molecule has 0 aliphatic heterocycles. The first-order valence-electron chi connectivity index (χ1n) is 20.3. The fraction of sp³-hybridized carbons (Fsp3) is 0.111. The van der Waals surface area contributed by atoms with Crippen LogP contribution in [0.4, 0.5) is 34.1 Å². The average Bonchev–Trinajstić information content (AvgIpc) is 3.24. The van der Waals surface area contributed by atoms with E-state index in [2.05, 4.69) is 255 Å². The Labute approximate surface area is 347 Å². The van der Waals surface area contributed by atoms with Crippen LogP contribution in [-0.2, 0) is 0 Å². The highest BCUT2D eigenvalue weighted by atomic mass is 28.3. The predicted octanol–water partition coefficient (Wildman–Crippen LogP) is 14.7. The molecule has 8 aromatic rings. The van der Waals surface area contributed by atoms with Crippen LogP contribution in [0.2, 0.25) is 39.3 Å². The summed E-state index contributed by atoms with van der Waals surface area (Å²) in [6, 6.07) is 70.9. The van der Waals surface area contributed by atoms with Crippen LogP contribution >= 0.6 is 0 Å². The fourth-order valence-corrected chi connectivity index (χ4v) is 9.88. The largest absolute Gasteiger partial charge is 0.311 e. The van der Waals surface area contributed by atoms with Crippen LogP contribution in [0.5, 0.6) is 0 Å². The molecule has 8 aromatic carbocycles. The summed E-state index contributed by atoms with van der Waals surface area (Å²) in [5, 5.41) is 5.40. The second-order valence-corrected chi connectivity index (χ2v) is 27.4. The molecule has 0 amide bonds. The number of benzene rings is 8. The summed E-state index contributed by atoms with van der Waals surface area (Å²) in [4.78, 5) is 4.68. The van der Waals surface area contributed by atoms with Crippen LogP contribution < -0.4 is 20.2 Å². The lowest BCUT2D eigenvalue weighted by Gasteiger charge is -2.26. The maximum absolute atomic E-state index is 2.40. The molecule has 0 radical (unpaired) electrons. The fourth-order valence-electron chi connectivity index (χ4n) is 7.55. The molecule has 0 aliphatic rings. The quantitative estimate of drug-likeness (QED) is 0.0952. The SMILES string of the molecule is C[Si](C)(C)c1ccc(N(c2ccccc2)c2ccc(C=Cc3ccc4cc(-c5ccc(N(c6ccccc6)c6ccc([Si](C)(C)C)cc6)cc5)ccc4c3)cc2)cc1. The number of nitrogens with zero attached hydrogens (tertiary/aromatic N) is 2. The highest BCUT2D eigenvalue weighted by molar-refractivity contribution is 6.89. The van der Waals surface area contributed by atoms with Gasteiger partial charge in [0, 0.05) is 34.1 Å². The van der Waals surface area contributed by atoms with Crippen molar-refractivity contribution in [2.45, 2.75) is 39.3 Å². The Morgan fingerprint density at radius 2 is 0.655 bits per heavy atom. The topological polar surface area (TPSA) is 6.48 Å². The molecule has 0 bridgehead atoms. The second-order valence-electron chi connectivity index (χ2n) is 17.2. The third-order valence-electron chi connectivity index (χ3n) is 11.0. The van der Waals surface area contributed by atoms with Crippen LogP contribution in [0.3, 0.4) is 0 Å². The smallest absolute Gasteiger partial charge is 0.0775 e. The number of fused-ring (bicyclic) bond motifs is 1. The molecule has 0 heterocycles. The molecule has 0 aliphatic carbocycles. The van der Waals surface area contributed by atoms with E-state index in [1.165, 1.54) is 54.8 Å². The van der Waals surface area contributed by atoms with Crippen molar-refractivity contribution in [3.63, 3.8) is 0 Å². The normalized spacial score (nSPS) is 11.9. The van der Waals surface area contributed by atoms with Crippen molar-refractivity contribution in [1.29, 1.82) is 0 Å². The maximum atomic E-state index is 2.40. The van der Waals surface area contributed by atoms with Crippen LogP contribution in [0, 0.1) is 0 Å². The van der Waals surface area contributed by atoms with Gasteiger partial charge in [-0.3, -0.25) is 0 Å². The van der Waals surface area contributed by atoms with E-state index in [0.29, 0.717) is 0 Å². The van der Waals surface area contributed by atoms with Gasteiger partial charge < -0.3 is 9.80 Å². The Morgan fingerprint density at radius 1 is 0.310 bits per heavy atom. The number of hydrogen-bond acceptors (Lipinski definition) is 2. The second kappa shape index (κ2) is 16.3. The summed E-state index contributed by atoms with van der Waals surface area (Å²) in [7, 11) is -2.77. The van der Waals surface area contributed by atoms with E-state index in [1.807, 2.05) is 0 Å². The molecule has 0 spiro atoms. The van der Waals surface area contributed by atoms with Crippen LogP contribution in [0.15, 0.2) is 194 Å². The zero-order valence-corrected chi connectivity index (χ0v) is 36.5. The molecule has 0 unspecified atom stereocenters. The summed E-state index contributed by atoms with van der Waals surface area (Å²) >= 11 is 0. The highest BCUT2D eigenvalue weighted by Crippen LogP contribution is 2.37. The third kappa shape index (κ3) is 8.69. The lowest BCUT2D eigenvalue weighted by Crippen LogP contribution is -2.37. The molecule has 0 N–H and O–H groups in total. The van der Waals surface area contributed by atoms with Gasteiger partial charge >= 0.3 is 0 Å². The van der Waals surface area contributed by atoms with Gasteiger partial charge in [0.05, 0.1) is 16.1 Å². The molecular weight excluding hydrogens is 733 g/mol. The molecule has 0 saturated carbocycles. The van der Waals surface area contributed by atoms with Gasteiger partial charge in [-0.05, 0) is 118 Å². The molecular formula is C54H52N2Si2. The molecule has 0 fully saturated rings. The lowest BCUT2D eigenvalue weighted by molar-refractivity contribution is 1.28. The van der Waals surface area contributed by atoms with Gasteiger partial charge in [0.1, 0.15) is 0 Å². The first kappa shape index (κ1) is 38.7. The number of para-hydroxylation sites is 2. The van der Waals surface area contributed by atoms with Crippen molar-refractivity contribution in [2.75, 3.05) is 9.80 Å². The Morgan fingerprint density at radius 3 is 1.12 bits per heavy atom. The first-order chi connectivity index (χ1) is 28.0. The van der Waals surface area contributed by atoms with Gasteiger partial charge in [0.2, 0.25) is 0 Å². The Balaban J connectivity index is 0.993. The summed E-state index contributed by atoms with van der Waals surface area (Å²) in [5.41, 5.74) is 11.7. The summed E-state index contributed by atoms with van der Waals surface area (Å²) in [6.07, 6.45) is 4.41. The average molecular weight is 785 g/mol. The van der Waals surface area contributed by atoms with E-state index in [9.17, 15) is 0 Å². The zero-order chi connectivity index (χ0) is 40.3. The Hall–Kier alpha value is -6.21. The molecule has 286 valence electrons. The number of rotatable bonds is 11. The van der Waals surface area contributed by atoms with Gasteiger partial charge in [-0.25, -0.2) is 0 Å². The molecule has 0 saturated heterocycles. The van der Waals surface area contributed by atoms with Crippen LogP contribution in [-0.4, -0.2) is 16.1 Å². The summed E-state index contributed by atoms with van der Waals surface area (Å²) < 4.78 is 0. The molecule has 0 atom stereocenters. The van der Waals surface area contributed by atoms with Crippen molar-refractivity contribution in [2.24, 2.45) is 0 Å². The maximum Gasteiger partial charge on any atom is 0.0775 e. The van der Waals surface area contributed by atoms with E-state index < -0.39 is 16.1 Å². The van der Waals surface area contributed by atoms with Crippen molar-refractivity contribution < 1.29 is 0 Å². The molecule has 58 heavy (non-hydrogen) atoms. The standard InChI is InChI=1S/C54H52N2Si2/c1-57(2,3)53-35-31-51(32-36-53)55(47-13-9-7-10-14-47)49-27-20-41(21-28-49)17-18-42-19-22-46-40-45(24-23-44(46)39-42)43-25-29-50(30-26-43)56(48-15-11-8-12-16-48)52-33-37-54(38-34-52)58(4,5)6/h7-40H,1-6H3. The van der Waals surface area contributed by atoms with Gasteiger partial charge in [-0.2, -0.15) is 0 Å². The predicted molar refractivity (Wildman–Crippen MR) is 260 cm³/mol. The van der Waals surface area contributed by atoms with E-state index in [0.717, 1.165) is 22.7 Å². The summed E-state index contributed by atoms with van der Waals surface area (Å²) in [6.45, 7) is 14.4. The zero-order valence-electron chi connectivity index (χ0n) is 34.5. The van der Waals surface area contributed by atoms with Crippen molar-refractivity contribution in [3.8, 4) is 11.1 Å². The van der Waals surface area contributed by atoms with Crippen molar-refractivity contribution >= 4 is 83.6 Å². The minimum atomic E-state index is -1.39. The van der Waals surface area contributed by atoms with E-state index in [1.54, 1.807) is 0 Å².